The second-order valence-electron chi connectivity index (χ2n) is 5.84. The van der Waals surface area contributed by atoms with Crippen LogP contribution < -0.4 is 10.9 Å². The minimum atomic E-state index is -0.256. The lowest BCUT2D eigenvalue weighted by Crippen LogP contribution is -2.15. The van der Waals surface area contributed by atoms with E-state index in [1.54, 1.807) is 7.11 Å². The summed E-state index contributed by atoms with van der Waals surface area (Å²) in [6.07, 6.45) is 0. The van der Waals surface area contributed by atoms with Crippen LogP contribution in [0, 0.1) is 0 Å². The lowest BCUT2D eigenvalue weighted by atomic mass is 10.1. The summed E-state index contributed by atoms with van der Waals surface area (Å²) in [6, 6.07) is 9.71. The van der Waals surface area contributed by atoms with Crippen LogP contribution in [0.3, 0.4) is 0 Å². The predicted molar refractivity (Wildman–Crippen MR) is 116 cm³/mol. The van der Waals surface area contributed by atoms with E-state index in [2.05, 4.69) is 25.5 Å². The SMILES string of the molecule is COCc1nnc(NC(=O)CSc2nc3scc(-c4ccccc4)c3c(=O)[nH]2)s1. The molecule has 0 spiro atoms. The fourth-order valence-electron chi connectivity index (χ4n) is 2.60. The molecule has 0 unspecified atom stereocenters. The Morgan fingerprint density at radius 1 is 1.28 bits per heavy atom. The number of aromatic nitrogens is 4. The fourth-order valence-corrected chi connectivity index (χ4v) is 5.00. The molecule has 0 bridgehead atoms. The largest absolute Gasteiger partial charge is 0.377 e. The zero-order valence-electron chi connectivity index (χ0n) is 15.2. The minimum absolute atomic E-state index is 0.0879. The first-order chi connectivity index (χ1) is 14.1. The normalized spacial score (nSPS) is 11.1. The number of thiophene rings is 1. The van der Waals surface area contributed by atoms with Crippen molar-refractivity contribution < 1.29 is 9.53 Å². The van der Waals surface area contributed by atoms with Crippen molar-refractivity contribution in [1.82, 2.24) is 20.2 Å². The van der Waals surface area contributed by atoms with Gasteiger partial charge in [-0.05, 0) is 5.56 Å². The average molecular weight is 446 g/mol. The summed E-state index contributed by atoms with van der Waals surface area (Å²) in [6.45, 7) is 0.346. The van der Waals surface area contributed by atoms with Gasteiger partial charge in [0.25, 0.3) is 5.56 Å². The van der Waals surface area contributed by atoms with Crippen LogP contribution in [0.4, 0.5) is 5.13 Å². The highest BCUT2D eigenvalue weighted by Gasteiger charge is 2.14. The van der Waals surface area contributed by atoms with E-state index in [0.717, 1.165) is 22.9 Å². The van der Waals surface area contributed by atoms with Crippen LogP contribution in [-0.4, -0.2) is 38.9 Å². The quantitative estimate of drug-likeness (QED) is 0.331. The molecular formula is C18H15N5O3S3. The van der Waals surface area contributed by atoms with Gasteiger partial charge in [0.05, 0.1) is 11.1 Å². The van der Waals surface area contributed by atoms with Crippen molar-refractivity contribution in [2.75, 3.05) is 18.2 Å². The van der Waals surface area contributed by atoms with Crippen LogP contribution in [0.25, 0.3) is 21.3 Å². The van der Waals surface area contributed by atoms with E-state index in [9.17, 15) is 9.59 Å². The number of anilines is 1. The zero-order valence-corrected chi connectivity index (χ0v) is 17.6. The third-order valence-corrected chi connectivity index (χ3v) is 6.39. The van der Waals surface area contributed by atoms with Crippen molar-refractivity contribution in [3.63, 3.8) is 0 Å². The zero-order chi connectivity index (χ0) is 20.2. The number of methoxy groups -OCH3 is 1. The third-order valence-electron chi connectivity index (χ3n) is 3.83. The number of nitrogens with zero attached hydrogens (tertiary/aromatic N) is 3. The Morgan fingerprint density at radius 3 is 2.90 bits per heavy atom. The molecule has 29 heavy (non-hydrogen) atoms. The number of rotatable bonds is 7. The van der Waals surface area contributed by atoms with Gasteiger partial charge in [-0.1, -0.05) is 53.4 Å². The molecule has 0 saturated carbocycles. The fraction of sp³-hybridized carbons (Fsp3) is 0.167. The molecule has 0 aliphatic carbocycles. The molecule has 1 aromatic carbocycles. The highest BCUT2D eigenvalue weighted by atomic mass is 32.2. The molecule has 2 N–H and O–H groups in total. The maximum atomic E-state index is 12.6. The maximum absolute atomic E-state index is 12.6. The van der Waals surface area contributed by atoms with Crippen molar-refractivity contribution in [1.29, 1.82) is 0 Å². The summed E-state index contributed by atoms with van der Waals surface area (Å²) in [4.78, 5) is 32.7. The second-order valence-corrected chi connectivity index (χ2v) is 8.72. The molecule has 3 aromatic heterocycles. The predicted octanol–water partition coefficient (Wildman–Crippen LogP) is 3.38. The molecule has 0 saturated heterocycles. The minimum Gasteiger partial charge on any atom is -0.377 e. The molecule has 11 heteroatoms. The number of amides is 1. The van der Waals surface area contributed by atoms with Crippen molar-refractivity contribution >= 4 is 55.7 Å². The number of hydrogen-bond donors (Lipinski definition) is 2. The summed E-state index contributed by atoms with van der Waals surface area (Å²) < 4.78 is 4.98. The van der Waals surface area contributed by atoms with E-state index >= 15 is 0 Å². The Kier molecular flexibility index (Phi) is 6.00. The Labute approximate surface area is 177 Å². The van der Waals surface area contributed by atoms with Crippen LogP contribution in [0.15, 0.2) is 45.7 Å². The number of ether oxygens (including phenoxy) is 1. The monoisotopic (exact) mass is 445 g/mol. The Morgan fingerprint density at radius 2 is 2.10 bits per heavy atom. The lowest BCUT2D eigenvalue weighted by Gasteiger charge is -2.02. The molecule has 0 fully saturated rings. The molecule has 0 aliphatic rings. The summed E-state index contributed by atoms with van der Waals surface area (Å²) in [5.74, 6) is -0.168. The molecule has 148 valence electrons. The topological polar surface area (TPSA) is 110 Å². The first-order valence-corrected chi connectivity index (χ1v) is 11.1. The Balaban J connectivity index is 1.46. The molecular weight excluding hydrogens is 430 g/mol. The molecule has 8 nitrogen and oxygen atoms in total. The summed E-state index contributed by atoms with van der Waals surface area (Å²) in [5, 5.41) is 14.5. The molecule has 0 aliphatic heterocycles. The van der Waals surface area contributed by atoms with Crippen molar-refractivity contribution in [3.05, 3.63) is 51.1 Å². The number of carbonyl (C=O) groups excluding carboxylic acids is 1. The van der Waals surface area contributed by atoms with Crippen LogP contribution in [-0.2, 0) is 16.1 Å². The summed E-state index contributed by atoms with van der Waals surface area (Å²) >= 11 is 3.82. The number of thioether (sulfide) groups is 1. The Bertz CT molecular complexity index is 1200. The van der Waals surface area contributed by atoms with Crippen LogP contribution in [0.1, 0.15) is 5.01 Å². The van der Waals surface area contributed by atoms with Gasteiger partial charge < -0.3 is 9.72 Å². The summed E-state index contributed by atoms with van der Waals surface area (Å²) in [5.41, 5.74) is 1.61. The van der Waals surface area contributed by atoms with Crippen LogP contribution in [0.2, 0.25) is 0 Å². The smallest absolute Gasteiger partial charge is 0.260 e. The number of nitrogens with one attached hydrogen (secondary N) is 2. The van der Waals surface area contributed by atoms with E-state index in [1.807, 2.05) is 35.7 Å². The van der Waals surface area contributed by atoms with Crippen molar-refractivity contribution in [3.8, 4) is 11.1 Å². The molecule has 4 rings (SSSR count). The number of carbonyl (C=O) groups is 1. The number of aromatic amines is 1. The Hall–Kier alpha value is -2.60. The van der Waals surface area contributed by atoms with Gasteiger partial charge in [0.1, 0.15) is 16.4 Å². The highest BCUT2D eigenvalue weighted by Crippen LogP contribution is 2.31. The standard InChI is InChI=1S/C18H15N5O3S3/c1-26-7-13-22-23-18(29-13)19-12(24)9-28-17-20-15(25)14-11(8-27-16(14)21-17)10-5-3-2-4-6-10/h2-6,8H,7,9H2,1H3,(H,19,23,24)(H,20,21,25). The molecule has 0 radical (unpaired) electrons. The maximum Gasteiger partial charge on any atom is 0.260 e. The van der Waals surface area contributed by atoms with Crippen LogP contribution in [0.5, 0.6) is 0 Å². The number of benzene rings is 1. The van der Waals surface area contributed by atoms with E-state index in [-0.39, 0.29) is 17.2 Å². The number of hydrogen-bond acceptors (Lipinski definition) is 9. The van der Waals surface area contributed by atoms with Gasteiger partial charge in [-0.3, -0.25) is 14.9 Å². The molecule has 4 aromatic rings. The second kappa shape index (κ2) is 8.82. The van der Waals surface area contributed by atoms with E-state index in [0.29, 0.717) is 32.1 Å². The number of fused-ring (bicyclic) bond motifs is 1. The average Bonchev–Trinajstić information content (AvgIpc) is 3.34. The lowest BCUT2D eigenvalue weighted by molar-refractivity contribution is -0.113. The van der Waals surface area contributed by atoms with Gasteiger partial charge in [-0.2, -0.15) is 0 Å². The molecule has 3 heterocycles. The van der Waals surface area contributed by atoms with Gasteiger partial charge in [-0.15, -0.1) is 21.5 Å². The van der Waals surface area contributed by atoms with Gasteiger partial charge in [0.2, 0.25) is 11.0 Å². The molecule has 0 atom stereocenters. The van der Waals surface area contributed by atoms with Crippen molar-refractivity contribution in [2.45, 2.75) is 11.8 Å². The third kappa shape index (κ3) is 4.53. The van der Waals surface area contributed by atoms with E-state index in [4.69, 9.17) is 4.74 Å². The van der Waals surface area contributed by atoms with E-state index < -0.39 is 0 Å². The summed E-state index contributed by atoms with van der Waals surface area (Å²) in [7, 11) is 1.57. The first-order valence-electron chi connectivity index (χ1n) is 8.45. The van der Waals surface area contributed by atoms with Gasteiger partial charge in [0, 0.05) is 18.1 Å². The van der Waals surface area contributed by atoms with Gasteiger partial charge in [-0.25, -0.2) is 4.98 Å². The van der Waals surface area contributed by atoms with E-state index in [1.165, 1.54) is 22.7 Å². The van der Waals surface area contributed by atoms with Gasteiger partial charge in [0.15, 0.2) is 5.16 Å². The highest BCUT2D eigenvalue weighted by molar-refractivity contribution is 7.99. The van der Waals surface area contributed by atoms with Crippen molar-refractivity contribution in [2.24, 2.45) is 0 Å². The first kappa shape index (κ1) is 19.7. The van der Waals surface area contributed by atoms with Crippen LogP contribution >= 0.6 is 34.4 Å². The molecule has 1 amide bonds. The number of H-pyrrole nitrogens is 1. The van der Waals surface area contributed by atoms with Gasteiger partial charge >= 0.3 is 0 Å².